The number of aryl methyl sites for hydroxylation is 1. The molecule has 1 aliphatic rings. The quantitative estimate of drug-likeness (QED) is 0.915. The highest BCUT2D eigenvalue weighted by Crippen LogP contribution is 2.33. The molecule has 0 amide bonds. The van der Waals surface area contributed by atoms with Crippen LogP contribution in [-0.4, -0.2) is 23.1 Å². The van der Waals surface area contributed by atoms with Gasteiger partial charge in [-0.05, 0) is 35.8 Å². The van der Waals surface area contributed by atoms with Crippen molar-refractivity contribution < 1.29 is 0 Å². The molecule has 2 heterocycles. The minimum atomic E-state index is 0.617. The van der Waals surface area contributed by atoms with Crippen LogP contribution in [0.2, 0.25) is 0 Å². The van der Waals surface area contributed by atoms with E-state index in [2.05, 4.69) is 37.7 Å². The fourth-order valence-corrected chi connectivity index (χ4v) is 3.21. The maximum Gasteiger partial charge on any atom is 0.127 e. The Kier molecular flexibility index (Phi) is 3.46. The van der Waals surface area contributed by atoms with Crippen LogP contribution in [-0.2, 0) is 13.0 Å². The molecular formula is C11H18BrN3. The molecule has 1 N–H and O–H groups in total. The Hall–Kier alpha value is -0.350. The van der Waals surface area contributed by atoms with E-state index in [9.17, 15) is 0 Å². The van der Waals surface area contributed by atoms with Gasteiger partial charge in [-0.15, -0.1) is 0 Å². The van der Waals surface area contributed by atoms with Gasteiger partial charge in [0.1, 0.15) is 10.4 Å². The molecule has 1 unspecified atom stereocenters. The van der Waals surface area contributed by atoms with E-state index in [1.807, 2.05) is 7.05 Å². The fraction of sp³-hybridized carbons (Fsp3) is 0.727. The molecule has 0 aromatic carbocycles. The van der Waals surface area contributed by atoms with E-state index in [0.29, 0.717) is 5.92 Å². The third-order valence-electron chi connectivity index (χ3n) is 3.13. The number of nitrogens with one attached hydrogen (secondary N) is 1. The number of likely N-dealkylation sites (N-methyl/N-ethyl adjacent to an activating group) is 1. The molecule has 84 valence electrons. The van der Waals surface area contributed by atoms with Crippen molar-refractivity contribution in [1.29, 1.82) is 0 Å². The lowest BCUT2D eigenvalue weighted by atomic mass is 9.96. The number of halogens is 1. The minimum Gasteiger partial charge on any atom is -0.331 e. The van der Waals surface area contributed by atoms with Crippen LogP contribution in [0.1, 0.15) is 37.2 Å². The number of fused-ring (bicyclic) bond motifs is 1. The molecule has 0 spiro atoms. The van der Waals surface area contributed by atoms with Crippen LogP contribution >= 0.6 is 15.9 Å². The maximum absolute atomic E-state index is 4.60. The van der Waals surface area contributed by atoms with Crippen LogP contribution in [0.3, 0.4) is 0 Å². The van der Waals surface area contributed by atoms with E-state index in [1.165, 1.54) is 24.4 Å². The van der Waals surface area contributed by atoms with Crippen LogP contribution in [0.5, 0.6) is 0 Å². The number of rotatable bonds is 3. The second-order valence-corrected chi connectivity index (χ2v) is 4.86. The van der Waals surface area contributed by atoms with Crippen molar-refractivity contribution in [3.8, 4) is 0 Å². The van der Waals surface area contributed by atoms with Gasteiger partial charge in [-0.2, -0.15) is 0 Å². The number of aromatic nitrogens is 2. The number of nitrogens with zero attached hydrogens (tertiary/aromatic N) is 2. The molecule has 0 saturated carbocycles. The first-order valence-corrected chi connectivity index (χ1v) is 6.46. The fourth-order valence-electron chi connectivity index (χ4n) is 2.47. The molecule has 0 fully saturated rings. The molecule has 3 nitrogen and oxygen atoms in total. The monoisotopic (exact) mass is 271 g/mol. The predicted octanol–water partition coefficient (Wildman–Crippen LogP) is 2.30. The van der Waals surface area contributed by atoms with Gasteiger partial charge >= 0.3 is 0 Å². The normalized spacial score (nSPS) is 20.3. The Balaban J connectivity index is 2.37. The smallest absolute Gasteiger partial charge is 0.127 e. The molecule has 4 heteroatoms. The number of hydrogen-bond donors (Lipinski definition) is 1. The van der Waals surface area contributed by atoms with Crippen molar-refractivity contribution >= 4 is 15.9 Å². The van der Waals surface area contributed by atoms with E-state index < -0.39 is 0 Å². The van der Waals surface area contributed by atoms with E-state index >= 15 is 0 Å². The average Bonchev–Trinajstić information content (AvgIpc) is 2.57. The summed E-state index contributed by atoms with van der Waals surface area (Å²) in [6.07, 6.45) is 3.56. The van der Waals surface area contributed by atoms with E-state index in [4.69, 9.17) is 0 Å². The molecule has 0 saturated heterocycles. The van der Waals surface area contributed by atoms with Crippen molar-refractivity contribution in [2.24, 2.45) is 0 Å². The van der Waals surface area contributed by atoms with E-state index in [-0.39, 0.29) is 0 Å². The largest absolute Gasteiger partial charge is 0.331 e. The Morgan fingerprint density at radius 3 is 3.07 bits per heavy atom. The van der Waals surface area contributed by atoms with Gasteiger partial charge in [0.25, 0.3) is 0 Å². The highest BCUT2D eigenvalue weighted by atomic mass is 79.9. The van der Waals surface area contributed by atoms with Gasteiger partial charge in [-0.25, -0.2) is 4.98 Å². The van der Waals surface area contributed by atoms with E-state index in [0.717, 1.165) is 24.1 Å². The van der Waals surface area contributed by atoms with Gasteiger partial charge in [-0.1, -0.05) is 6.92 Å². The third-order valence-corrected chi connectivity index (χ3v) is 3.71. The topological polar surface area (TPSA) is 29.9 Å². The van der Waals surface area contributed by atoms with Crippen LogP contribution in [0.25, 0.3) is 0 Å². The first-order valence-electron chi connectivity index (χ1n) is 5.67. The molecule has 1 aromatic rings. The lowest BCUT2D eigenvalue weighted by Crippen LogP contribution is -2.24. The van der Waals surface area contributed by atoms with Crippen molar-refractivity contribution in [1.82, 2.24) is 14.9 Å². The van der Waals surface area contributed by atoms with Gasteiger partial charge in [-0.3, -0.25) is 0 Å². The zero-order chi connectivity index (χ0) is 10.8. The summed E-state index contributed by atoms with van der Waals surface area (Å²) < 4.78 is 3.45. The SMILES string of the molecule is CCc1nc(Br)c2n1CCCC2CNC. The lowest BCUT2D eigenvalue weighted by Gasteiger charge is -2.25. The third kappa shape index (κ3) is 1.97. The summed E-state index contributed by atoms with van der Waals surface area (Å²) in [7, 11) is 2.02. The first kappa shape index (κ1) is 11.1. The summed E-state index contributed by atoms with van der Waals surface area (Å²) in [4.78, 5) is 4.60. The van der Waals surface area contributed by atoms with Crippen molar-refractivity contribution in [3.63, 3.8) is 0 Å². The molecule has 1 aliphatic heterocycles. The van der Waals surface area contributed by atoms with Gasteiger partial charge in [0, 0.05) is 25.4 Å². The lowest BCUT2D eigenvalue weighted by molar-refractivity contribution is 0.433. The Labute approximate surface area is 99.4 Å². The molecule has 2 rings (SSSR count). The Morgan fingerprint density at radius 2 is 2.40 bits per heavy atom. The molecule has 0 bridgehead atoms. The van der Waals surface area contributed by atoms with Crippen LogP contribution < -0.4 is 5.32 Å². The van der Waals surface area contributed by atoms with Gasteiger partial charge in [0.2, 0.25) is 0 Å². The average molecular weight is 272 g/mol. The summed E-state index contributed by atoms with van der Waals surface area (Å²) in [6, 6.07) is 0. The number of imidazole rings is 1. The van der Waals surface area contributed by atoms with E-state index in [1.54, 1.807) is 0 Å². The van der Waals surface area contributed by atoms with Crippen molar-refractivity contribution in [2.45, 2.75) is 38.6 Å². The predicted molar refractivity (Wildman–Crippen MR) is 65.2 cm³/mol. The zero-order valence-corrected chi connectivity index (χ0v) is 11.0. The molecular weight excluding hydrogens is 254 g/mol. The summed E-state index contributed by atoms with van der Waals surface area (Å²) in [5.41, 5.74) is 1.40. The maximum atomic E-state index is 4.60. The number of hydrogen-bond acceptors (Lipinski definition) is 2. The van der Waals surface area contributed by atoms with Crippen LogP contribution in [0.15, 0.2) is 4.60 Å². The first-order chi connectivity index (χ1) is 7.27. The van der Waals surface area contributed by atoms with Gasteiger partial charge in [0.15, 0.2) is 0 Å². The van der Waals surface area contributed by atoms with Crippen molar-refractivity contribution in [2.75, 3.05) is 13.6 Å². The zero-order valence-electron chi connectivity index (χ0n) is 9.39. The van der Waals surface area contributed by atoms with Crippen LogP contribution in [0, 0.1) is 0 Å². The summed E-state index contributed by atoms with van der Waals surface area (Å²) >= 11 is 3.59. The molecule has 0 radical (unpaired) electrons. The molecule has 1 aromatic heterocycles. The second-order valence-electron chi connectivity index (χ2n) is 4.11. The van der Waals surface area contributed by atoms with Crippen molar-refractivity contribution in [3.05, 3.63) is 16.1 Å². The Morgan fingerprint density at radius 1 is 1.60 bits per heavy atom. The Bertz CT molecular complexity index is 346. The van der Waals surface area contributed by atoms with Gasteiger partial charge in [0.05, 0.1) is 5.69 Å². The minimum absolute atomic E-state index is 0.617. The molecule has 1 atom stereocenters. The highest BCUT2D eigenvalue weighted by Gasteiger charge is 2.25. The summed E-state index contributed by atoms with van der Waals surface area (Å²) in [5.74, 6) is 1.84. The summed E-state index contributed by atoms with van der Waals surface area (Å²) in [5, 5.41) is 3.27. The standard InChI is InChI=1S/C11H18BrN3/c1-3-9-14-11(12)10-8(7-13-2)5-4-6-15(9)10/h8,13H,3-7H2,1-2H3. The van der Waals surface area contributed by atoms with Gasteiger partial charge < -0.3 is 9.88 Å². The second kappa shape index (κ2) is 4.66. The summed E-state index contributed by atoms with van der Waals surface area (Å²) in [6.45, 7) is 4.36. The highest BCUT2D eigenvalue weighted by molar-refractivity contribution is 9.10. The molecule has 15 heavy (non-hydrogen) atoms. The molecule has 0 aliphatic carbocycles. The van der Waals surface area contributed by atoms with Crippen LogP contribution in [0.4, 0.5) is 0 Å².